The van der Waals surface area contributed by atoms with Gasteiger partial charge in [0.2, 0.25) is 0 Å². The molecule has 0 amide bonds. The standard InChI is InChI=1S/C22H24Cl3N3O2/c23-17-12-15(30-9-8-28-6-2-1-3-7-28)4-5-16(17)21-22(27-13-26-21)20-18(24)10-14(29)11-19(20)25/h4-5,10-13,21-22,29H,1-3,6-9H2,(H,26,27). The van der Waals surface area contributed by atoms with Gasteiger partial charge in [-0.25, -0.2) is 0 Å². The molecule has 2 aliphatic rings. The van der Waals surface area contributed by atoms with Crippen LogP contribution in [0.2, 0.25) is 15.1 Å². The summed E-state index contributed by atoms with van der Waals surface area (Å²) in [4.78, 5) is 6.97. The molecule has 0 aromatic heterocycles. The van der Waals surface area contributed by atoms with E-state index in [2.05, 4.69) is 15.2 Å². The number of phenolic OH excluding ortho intramolecular Hbond substituents is 1. The number of likely N-dealkylation sites (tertiary alicyclic amines) is 1. The molecule has 0 bridgehead atoms. The molecular formula is C22H24Cl3N3O2. The lowest BCUT2D eigenvalue weighted by Gasteiger charge is -2.26. The molecule has 2 N–H and O–H groups in total. The average molecular weight is 469 g/mol. The summed E-state index contributed by atoms with van der Waals surface area (Å²) < 4.78 is 5.92. The van der Waals surface area contributed by atoms with Gasteiger partial charge < -0.3 is 15.2 Å². The van der Waals surface area contributed by atoms with Crippen LogP contribution in [0.25, 0.3) is 0 Å². The van der Waals surface area contributed by atoms with Crippen LogP contribution in [0.1, 0.15) is 42.5 Å². The first-order valence-corrected chi connectivity index (χ1v) is 11.3. The van der Waals surface area contributed by atoms with Crippen LogP contribution in [0.15, 0.2) is 35.3 Å². The van der Waals surface area contributed by atoms with E-state index in [4.69, 9.17) is 39.5 Å². The number of nitrogens with zero attached hydrogens (tertiary/aromatic N) is 2. The van der Waals surface area contributed by atoms with E-state index in [0.29, 0.717) is 27.2 Å². The van der Waals surface area contributed by atoms with Crippen LogP contribution >= 0.6 is 34.8 Å². The van der Waals surface area contributed by atoms with Crippen LogP contribution in [0.4, 0.5) is 0 Å². The highest BCUT2D eigenvalue weighted by molar-refractivity contribution is 6.36. The Morgan fingerprint density at radius 1 is 1.03 bits per heavy atom. The lowest BCUT2D eigenvalue weighted by Crippen LogP contribution is -2.33. The average Bonchev–Trinajstić information content (AvgIpc) is 3.17. The fourth-order valence-corrected chi connectivity index (χ4v) is 5.06. The largest absolute Gasteiger partial charge is 0.508 e. The topological polar surface area (TPSA) is 57.1 Å². The highest BCUT2D eigenvalue weighted by Gasteiger charge is 2.32. The van der Waals surface area contributed by atoms with E-state index in [1.54, 1.807) is 6.34 Å². The van der Waals surface area contributed by atoms with Crippen molar-refractivity contribution in [2.24, 2.45) is 4.99 Å². The predicted molar refractivity (Wildman–Crippen MR) is 122 cm³/mol. The lowest BCUT2D eigenvalue weighted by molar-refractivity contribution is 0.183. The van der Waals surface area contributed by atoms with Gasteiger partial charge in [0.1, 0.15) is 24.1 Å². The Morgan fingerprint density at radius 2 is 1.77 bits per heavy atom. The molecule has 4 rings (SSSR count). The van der Waals surface area contributed by atoms with E-state index >= 15 is 0 Å². The van der Waals surface area contributed by atoms with Gasteiger partial charge in [-0.3, -0.25) is 9.89 Å². The minimum atomic E-state index is -0.292. The Bertz CT molecular complexity index is 909. The lowest BCUT2D eigenvalue weighted by atomic mass is 9.94. The summed E-state index contributed by atoms with van der Waals surface area (Å²) in [6, 6.07) is 8.05. The fourth-order valence-electron chi connectivity index (χ4n) is 4.06. The van der Waals surface area contributed by atoms with Gasteiger partial charge in [0.05, 0.1) is 22.4 Å². The SMILES string of the molecule is Oc1cc(Cl)c(C2NC=NC2c2ccc(OCCN3CCCCC3)cc2Cl)c(Cl)c1. The van der Waals surface area contributed by atoms with E-state index in [-0.39, 0.29) is 17.8 Å². The highest BCUT2D eigenvalue weighted by Crippen LogP contribution is 2.44. The summed E-state index contributed by atoms with van der Waals surface area (Å²) in [7, 11) is 0. The first-order valence-electron chi connectivity index (χ1n) is 10.1. The Balaban J connectivity index is 1.46. The Morgan fingerprint density at radius 3 is 2.47 bits per heavy atom. The van der Waals surface area contributed by atoms with Crippen molar-refractivity contribution in [3.05, 3.63) is 56.5 Å². The molecule has 2 unspecified atom stereocenters. The number of aromatic hydroxyl groups is 1. The molecule has 0 aliphatic carbocycles. The van der Waals surface area contributed by atoms with Crippen LogP contribution in [-0.2, 0) is 0 Å². The van der Waals surface area contributed by atoms with E-state index in [1.807, 2.05) is 18.2 Å². The summed E-state index contributed by atoms with van der Waals surface area (Å²) in [5.74, 6) is 0.765. The van der Waals surface area contributed by atoms with Gasteiger partial charge in [-0.1, -0.05) is 47.3 Å². The molecule has 2 heterocycles. The van der Waals surface area contributed by atoms with Crippen molar-refractivity contribution in [1.82, 2.24) is 10.2 Å². The quantitative estimate of drug-likeness (QED) is 0.577. The molecule has 0 saturated carbocycles. The van der Waals surface area contributed by atoms with Gasteiger partial charge >= 0.3 is 0 Å². The predicted octanol–water partition coefficient (Wildman–Crippen LogP) is 5.63. The van der Waals surface area contributed by atoms with Crippen LogP contribution in [-0.4, -0.2) is 42.6 Å². The zero-order valence-electron chi connectivity index (χ0n) is 16.5. The van der Waals surface area contributed by atoms with Crippen LogP contribution < -0.4 is 10.1 Å². The number of nitrogens with one attached hydrogen (secondary N) is 1. The first-order chi connectivity index (χ1) is 14.5. The maximum Gasteiger partial charge on any atom is 0.120 e. The van der Waals surface area contributed by atoms with Crippen molar-refractivity contribution in [1.29, 1.82) is 0 Å². The van der Waals surface area contributed by atoms with Crippen LogP contribution in [0.5, 0.6) is 11.5 Å². The number of rotatable bonds is 6. The van der Waals surface area contributed by atoms with Gasteiger partial charge in [0, 0.05) is 17.1 Å². The molecule has 5 nitrogen and oxygen atoms in total. The maximum atomic E-state index is 9.71. The monoisotopic (exact) mass is 467 g/mol. The minimum absolute atomic E-state index is 0.0216. The summed E-state index contributed by atoms with van der Waals surface area (Å²) in [5, 5.41) is 14.2. The van der Waals surface area contributed by atoms with Gasteiger partial charge in [0.25, 0.3) is 0 Å². The number of piperidine rings is 1. The molecule has 1 saturated heterocycles. The molecule has 8 heteroatoms. The second-order valence-electron chi connectivity index (χ2n) is 7.62. The number of halogens is 3. The van der Waals surface area contributed by atoms with Crippen LogP contribution in [0.3, 0.4) is 0 Å². The number of ether oxygens (including phenoxy) is 1. The highest BCUT2D eigenvalue weighted by atomic mass is 35.5. The Kier molecular flexibility index (Phi) is 6.94. The van der Waals surface area contributed by atoms with Crippen LogP contribution in [0, 0.1) is 0 Å². The number of hydrogen-bond donors (Lipinski definition) is 2. The van der Waals surface area contributed by atoms with E-state index in [1.165, 1.54) is 31.4 Å². The normalized spacial score (nSPS) is 21.6. The summed E-state index contributed by atoms with van der Waals surface area (Å²) >= 11 is 19.3. The third kappa shape index (κ3) is 4.80. The molecule has 1 fully saturated rings. The first kappa shape index (κ1) is 21.6. The number of aliphatic imine (C=N–C) groups is 1. The Hall–Kier alpha value is -1.66. The second kappa shape index (κ2) is 9.65. The maximum absolute atomic E-state index is 9.71. The molecule has 0 spiro atoms. The summed E-state index contributed by atoms with van der Waals surface area (Å²) in [6.45, 7) is 3.87. The van der Waals surface area contributed by atoms with Gasteiger partial charge in [-0.15, -0.1) is 0 Å². The van der Waals surface area contributed by atoms with Gasteiger partial charge in [0.15, 0.2) is 0 Å². The van der Waals surface area contributed by atoms with Gasteiger partial charge in [-0.2, -0.15) is 0 Å². The molecular weight excluding hydrogens is 445 g/mol. The Labute approximate surface area is 191 Å². The van der Waals surface area contributed by atoms with Crippen molar-refractivity contribution in [2.45, 2.75) is 31.3 Å². The fraction of sp³-hybridized carbons (Fsp3) is 0.409. The number of phenols is 1. The molecule has 2 aliphatic heterocycles. The van der Waals surface area contributed by atoms with Crippen molar-refractivity contribution in [3.8, 4) is 11.5 Å². The third-order valence-corrected chi connectivity index (χ3v) is 6.55. The van der Waals surface area contributed by atoms with E-state index in [9.17, 15) is 5.11 Å². The summed E-state index contributed by atoms with van der Waals surface area (Å²) in [5.41, 5.74) is 1.53. The zero-order chi connectivity index (χ0) is 21.1. The minimum Gasteiger partial charge on any atom is -0.508 e. The van der Waals surface area contributed by atoms with Gasteiger partial charge in [-0.05, 0) is 55.8 Å². The molecule has 2 aromatic carbocycles. The zero-order valence-corrected chi connectivity index (χ0v) is 18.7. The molecule has 160 valence electrons. The van der Waals surface area contributed by atoms with E-state index < -0.39 is 0 Å². The van der Waals surface area contributed by atoms with Crippen molar-refractivity contribution < 1.29 is 9.84 Å². The van der Waals surface area contributed by atoms with E-state index in [0.717, 1.165) is 30.9 Å². The molecule has 0 radical (unpaired) electrons. The number of hydrogen-bond acceptors (Lipinski definition) is 5. The molecule has 30 heavy (non-hydrogen) atoms. The van der Waals surface area contributed by atoms with Crippen molar-refractivity contribution in [3.63, 3.8) is 0 Å². The molecule has 2 atom stereocenters. The number of benzene rings is 2. The van der Waals surface area contributed by atoms with Crippen molar-refractivity contribution in [2.75, 3.05) is 26.2 Å². The summed E-state index contributed by atoms with van der Waals surface area (Å²) in [6.07, 6.45) is 5.50. The smallest absolute Gasteiger partial charge is 0.120 e. The molecule has 2 aromatic rings. The third-order valence-electron chi connectivity index (χ3n) is 5.60. The second-order valence-corrected chi connectivity index (χ2v) is 8.85. The van der Waals surface area contributed by atoms with Crippen molar-refractivity contribution >= 4 is 41.1 Å².